The van der Waals surface area contributed by atoms with Crippen molar-refractivity contribution >= 4 is 64.6 Å². The Kier molecular flexibility index (Phi) is 8.59. The lowest BCUT2D eigenvalue weighted by atomic mass is 9.82. The monoisotopic (exact) mass is 976 g/mol. The summed E-state index contributed by atoms with van der Waals surface area (Å²) in [5.74, 6) is -0.684. The van der Waals surface area contributed by atoms with Crippen molar-refractivity contribution in [3.05, 3.63) is 217 Å². The number of hydrogen-bond acceptors (Lipinski definition) is 0. The Balaban J connectivity index is 1.05. The Morgan fingerprint density at radius 2 is 0.459 bits per heavy atom. The van der Waals surface area contributed by atoms with Crippen molar-refractivity contribution in [2.24, 2.45) is 0 Å². The second kappa shape index (κ2) is 14.9. The molecule has 0 unspecified atom stereocenters. The van der Waals surface area contributed by atoms with Gasteiger partial charge in [0.25, 0.3) is 0 Å². The summed E-state index contributed by atoms with van der Waals surface area (Å²) < 4.78 is 114. The fraction of sp³-hybridized carbons (Fsp3) is 0.0303. The molecule has 15 rings (SSSR count). The Hall–Kier alpha value is -8.88. The molecule has 0 heterocycles. The van der Waals surface area contributed by atoms with Crippen molar-refractivity contribution in [2.45, 2.75) is 12.4 Å². The van der Waals surface area contributed by atoms with Crippen LogP contribution in [0.5, 0.6) is 0 Å². The van der Waals surface area contributed by atoms with Crippen molar-refractivity contribution in [3.8, 4) is 89.0 Å². The third kappa shape index (κ3) is 5.79. The van der Waals surface area contributed by atoms with Gasteiger partial charge in [0.1, 0.15) is 11.6 Å². The standard InChI is InChI=1S/C66H32F8/c67-39-21-13-35(14-22-39)55-43-7-3-4-8-44(43)56(36-15-23-40(68)24-16-36)64-52-32-28-48-46-26-30-50-59-49(29-25-45(57(46)59)47-27-31-51(63(55)64)60(52)58(47)48)61-53(33-9-17-37(18-10-33)65(69,70)71)41-5-1-2-6-42(41)54(62(50)61)34-11-19-38(20-12-34)66(72,73)74/h1-32H. The van der Waals surface area contributed by atoms with E-state index >= 15 is 0 Å². The minimum atomic E-state index is -4.55. The van der Waals surface area contributed by atoms with Crippen LogP contribution in [0.25, 0.3) is 154 Å². The van der Waals surface area contributed by atoms with E-state index in [-0.39, 0.29) is 11.6 Å². The maximum atomic E-state index is 14.6. The molecule has 0 amide bonds. The number of benzene rings is 13. The van der Waals surface area contributed by atoms with Crippen LogP contribution in [0.15, 0.2) is 194 Å². The van der Waals surface area contributed by atoms with Crippen LogP contribution >= 0.6 is 0 Å². The van der Waals surface area contributed by atoms with Crippen molar-refractivity contribution in [2.75, 3.05) is 0 Å². The van der Waals surface area contributed by atoms with E-state index in [2.05, 4.69) is 60.7 Å². The number of rotatable bonds is 4. The quantitative estimate of drug-likeness (QED) is 0.0937. The molecular formula is C66H32F8. The lowest BCUT2D eigenvalue weighted by molar-refractivity contribution is -0.138. The fourth-order valence-electron chi connectivity index (χ4n) is 12.8. The molecule has 0 saturated carbocycles. The summed E-state index contributed by atoms with van der Waals surface area (Å²) in [6.07, 6.45) is -9.10. The third-order valence-corrected chi connectivity index (χ3v) is 15.7. The first-order valence-electron chi connectivity index (χ1n) is 24.1. The van der Waals surface area contributed by atoms with E-state index in [1.165, 1.54) is 48.5 Å². The fourth-order valence-corrected chi connectivity index (χ4v) is 12.8. The minimum absolute atomic E-state index is 0.342. The molecule has 0 spiro atoms. The zero-order valence-corrected chi connectivity index (χ0v) is 38.5. The summed E-state index contributed by atoms with van der Waals surface area (Å²) in [7, 11) is 0. The third-order valence-electron chi connectivity index (χ3n) is 15.7. The van der Waals surface area contributed by atoms with Gasteiger partial charge in [0.05, 0.1) is 11.1 Å². The Morgan fingerprint density at radius 1 is 0.216 bits per heavy atom. The Bertz CT molecular complexity index is 4300. The normalized spacial score (nSPS) is 12.9. The van der Waals surface area contributed by atoms with Crippen molar-refractivity contribution in [1.82, 2.24) is 0 Å². The van der Waals surface area contributed by atoms with Crippen molar-refractivity contribution < 1.29 is 35.1 Å². The molecule has 0 N–H and O–H groups in total. The summed E-state index contributed by atoms with van der Waals surface area (Å²) in [5.41, 5.74) is 12.0. The first-order chi connectivity index (χ1) is 35.8. The molecule has 0 atom stereocenters. The summed E-state index contributed by atoms with van der Waals surface area (Å²) in [5, 5.41) is 11.5. The minimum Gasteiger partial charge on any atom is -0.207 e. The molecule has 2 aliphatic carbocycles. The van der Waals surface area contributed by atoms with E-state index < -0.39 is 23.5 Å². The van der Waals surface area contributed by atoms with Crippen LogP contribution in [0.3, 0.4) is 0 Å². The van der Waals surface area contributed by atoms with Crippen LogP contribution in [-0.2, 0) is 12.4 Å². The lowest BCUT2D eigenvalue weighted by Gasteiger charge is -2.21. The van der Waals surface area contributed by atoms with Gasteiger partial charge >= 0.3 is 12.4 Å². The van der Waals surface area contributed by atoms with Gasteiger partial charge in [-0.15, -0.1) is 0 Å². The van der Waals surface area contributed by atoms with E-state index in [9.17, 15) is 35.1 Å². The zero-order chi connectivity index (χ0) is 50.1. The van der Waals surface area contributed by atoms with E-state index in [1.54, 1.807) is 0 Å². The predicted molar refractivity (Wildman–Crippen MR) is 283 cm³/mol. The average Bonchev–Trinajstić information content (AvgIpc) is 4.09. The second-order valence-corrected chi connectivity index (χ2v) is 19.4. The SMILES string of the molecule is Fc1ccc(-c2c3c(c(-c4ccc(F)cc4)c4ccccc24)-c2ccc4c5ccc6c7c(ccc(c8ccc-3c2c84)c75)-c2c-6c(-c3ccc(C(F)(F)F)cc3)c3ccccc3c2-c2ccc(C(F)(F)F)cc2)cc1. The molecule has 2 aliphatic rings. The zero-order valence-electron chi connectivity index (χ0n) is 38.5. The lowest BCUT2D eigenvalue weighted by Crippen LogP contribution is -2.04. The highest BCUT2D eigenvalue weighted by Crippen LogP contribution is 2.63. The van der Waals surface area contributed by atoms with Gasteiger partial charge in [0.2, 0.25) is 0 Å². The largest absolute Gasteiger partial charge is 0.416 e. The van der Waals surface area contributed by atoms with Crippen LogP contribution in [-0.4, -0.2) is 0 Å². The molecule has 0 radical (unpaired) electrons. The van der Waals surface area contributed by atoms with Crippen LogP contribution in [0, 0.1) is 11.6 Å². The van der Waals surface area contributed by atoms with E-state index in [4.69, 9.17) is 0 Å². The number of alkyl halides is 6. The van der Waals surface area contributed by atoms with Gasteiger partial charge in [-0.05, 0) is 202 Å². The van der Waals surface area contributed by atoms with Gasteiger partial charge in [-0.2, -0.15) is 26.3 Å². The maximum absolute atomic E-state index is 14.6. The summed E-state index contributed by atoms with van der Waals surface area (Å²) >= 11 is 0. The highest BCUT2D eigenvalue weighted by atomic mass is 19.4. The molecule has 13 aromatic carbocycles. The van der Waals surface area contributed by atoms with Gasteiger partial charge in [0.15, 0.2) is 0 Å². The molecule has 8 heteroatoms. The van der Waals surface area contributed by atoms with Crippen LogP contribution < -0.4 is 0 Å². The van der Waals surface area contributed by atoms with Gasteiger partial charge in [0, 0.05) is 0 Å². The Labute approximate surface area is 416 Å². The molecule has 74 heavy (non-hydrogen) atoms. The van der Waals surface area contributed by atoms with E-state index in [1.807, 2.05) is 60.7 Å². The first kappa shape index (κ1) is 42.8. The smallest absolute Gasteiger partial charge is 0.207 e. The predicted octanol–water partition coefficient (Wildman–Crippen LogP) is 20.3. The Morgan fingerprint density at radius 3 is 0.703 bits per heavy atom. The summed E-state index contributed by atoms with van der Waals surface area (Å²) in [6.45, 7) is 0. The highest BCUT2D eigenvalue weighted by molar-refractivity contribution is 6.42. The molecule has 0 saturated heterocycles. The summed E-state index contributed by atoms with van der Waals surface area (Å²) in [6, 6.07) is 56.5. The number of hydrogen-bond donors (Lipinski definition) is 0. The van der Waals surface area contributed by atoms with Crippen molar-refractivity contribution in [1.29, 1.82) is 0 Å². The topological polar surface area (TPSA) is 0 Å². The number of fused-ring (bicyclic) bond motifs is 10. The molecule has 0 nitrogen and oxygen atoms in total. The molecule has 0 bridgehead atoms. The molecule has 0 fully saturated rings. The van der Waals surface area contributed by atoms with Crippen LogP contribution in [0.1, 0.15) is 11.1 Å². The van der Waals surface area contributed by atoms with Gasteiger partial charge in [-0.25, -0.2) is 8.78 Å². The molecule has 13 aromatic rings. The number of halogens is 8. The van der Waals surface area contributed by atoms with Gasteiger partial charge in [-0.1, -0.05) is 146 Å². The van der Waals surface area contributed by atoms with Gasteiger partial charge < -0.3 is 0 Å². The highest BCUT2D eigenvalue weighted by Gasteiger charge is 2.37. The van der Waals surface area contributed by atoms with Crippen LogP contribution in [0.4, 0.5) is 35.1 Å². The van der Waals surface area contributed by atoms with E-state index in [0.29, 0.717) is 11.1 Å². The maximum Gasteiger partial charge on any atom is 0.416 e. The molecular weight excluding hydrogens is 945 g/mol. The second-order valence-electron chi connectivity index (χ2n) is 19.4. The average molecular weight is 977 g/mol. The molecule has 0 aliphatic heterocycles. The molecule has 0 aromatic heterocycles. The van der Waals surface area contributed by atoms with Crippen LogP contribution in [0.2, 0.25) is 0 Å². The summed E-state index contributed by atoms with van der Waals surface area (Å²) in [4.78, 5) is 0. The van der Waals surface area contributed by atoms with E-state index in [0.717, 1.165) is 167 Å². The molecule has 352 valence electrons. The van der Waals surface area contributed by atoms with Gasteiger partial charge in [-0.3, -0.25) is 0 Å². The van der Waals surface area contributed by atoms with Crippen molar-refractivity contribution in [3.63, 3.8) is 0 Å². The first-order valence-corrected chi connectivity index (χ1v) is 24.1.